The third-order valence-corrected chi connectivity index (χ3v) is 4.94. The van der Waals surface area contributed by atoms with Gasteiger partial charge in [0, 0.05) is 13.1 Å². The van der Waals surface area contributed by atoms with Crippen LogP contribution in [0.4, 0.5) is 0 Å². The van der Waals surface area contributed by atoms with Gasteiger partial charge < -0.3 is 14.4 Å². The molecule has 2 fully saturated rings. The molecule has 2 aromatic rings. The second kappa shape index (κ2) is 5.26. The SMILES string of the molecule is Cn1cncc1-c1noc(C2CCC3CCCCC3N2)n1. The Hall–Kier alpha value is -1.69. The maximum atomic E-state index is 5.50. The zero-order valence-corrected chi connectivity index (χ0v) is 12.3. The van der Waals surface area contributed by atoms with Crippen LogP contribution in [0.25, 0.3) is 11.5 Å². The monoisotopic (exact) mass is 287 g/mol. The molecule has 0 spiro atoms. The smallest absolute Gasteiger partial charge is 0.244 e. The van der Waals surface area contributed by atoms with Gasteiger partial charge in [-0.1, -0.05) is 18.0 Å². The van der Waals surface area contributed by atoms with Crippen LogP contribution in [0.2, 0.25) is 0 Å². The molecule has 1 saturated heterocycles. The van der Waals surface area contributed by atoms with Crippen molar-refractivity contribution in [3.63, 3.8) is 0 Å². The first-order valence-electron chi connectivity index (χ1n) is 7.87. The van der Waals surface area contributed by atoms with Gasteiger partial charge in [0.25, 0.3) is 0 Å². The molecule has 1 saturated carbocycles. The molecule has 3 unspecified atom stereocenters. The fourth-order valence-electron chi connectivity index (χ4n) is 3.74. The quantitative estimate of drug-likeness (QED) is 0.919. The fraction of sp³-hybridized carbons (Fsp3) is 0.667. The van der Waals surface area contributed by atoms with Gasteiger partial charge in [0.15, 0.2) is 0 Å². The first-order valence-corrected chi connectivity index (χ1v) is 7.87. The van der Waals surface area contributed by atoms with Crippen LogP contribution in [0, 0.1) is 5.92 Å². The Kier molecular flexibility index (Phi) is 3.25. The summed E-state index contributed by atoms with van der Waals surface area (Å²) in [6.45, 7) is 0. The van der Waals surface area contributed by atoms with Gasteiger partial charge in [-0.2, -0.15) is 4.98 Å². The average Bonchev–Trinajstić information content (AvgIpc) is 3.15. The number of nitrogens with zero attached hydrogens (tertiary/aromatic N) is 4. The number of rotatable bonds is 2. The fourth-order valence-corrected chi connectivity index (χ4v) is 3.74. The zero-order valence-electron chi connectivity index (χ0n) is 12.3. The van der Waals surface area contributed by atoms with Crippen molar-refractivity contribution in [2.75, 3.05) is 0 Å². The van der Waals surface area contributed by atoms with E-state index in [0.717, 1.165) is 23.9 Å². The summed E-state index contributed by atoms with van der Waals surface area (Å²) >= 11 is 0. The normalized spacial score (nSPS) is 29.3. The van der Waals surface area contributed by atoms with Crippen molar-refractivity contribution in [3.05, 3.63) is 18.4 Å². The number of fused-ring (bicyclic) bond motifs is 1. The van der Waals surface area contributed by atoms with E-state index in [2.05, 4.69) is 20.4 Å². The molecule has 4 rings (SSSR count). The molecule has 112 valence electrons. The summed E-state index contributed by atoms with van der Waals surface area (Å²) < 4.78 is 7.40. The lowest BCUT2D eigenvalue weighted by molar-refractivity contribution is 0.158. The van der Waals surface area contributed by atoms with E-state index in [9.17, 15) is 0 Å². The average molecular weight is 287 g/mol. The summed E-state index contributed by atoms with van der Waals surface area (Å²) in [4.78, 5) is 8.67. The van der Waals surface area contributed by atoms with Crippen LogP contribution in [-0.2, 0) is 7.05 Å². The molecule has 0 amide bonds. The highest BCUT2D eigenvalue weighted by Gasteiger charge is 2.34. The van der Waals surface area contributed by atoms with E-state index in [1.165, 1.54) is 32.1 Å². The van der Waals surface area contributed by atoms with Gasteiger partial charge in [-0.25, -0.2) is 4.98 Å². The Labute approximate surface area is 123 Å². The Balaban J connectivity index is 1.52. The molecule has 0 radical (unpaired) electrons. The minimum absolute atomic E-state index is 0.207. The lowest BCUT2D eigenvalue weighted by atomic mass is 9.78. The topological polar surface area (TPSA) is 68.8 Å². The molecule has 21 heavy (non-hydrogen) atoms. The Bertz CT molecular complexity index is 619. The van der Waals surface area contributed by atoms with Crippen molar-refractivity contribution in [2.24, 2.45) is 13.0 Å². The molecule has 1 aliphatic carbocycles. The Morgan fingerprint density at radius 2 is 2.14 bits per heavy atom. The van der Waals surface area contributed by atoms with Crippen LogP contribution in [0.3, 0.4) is 0 Å². The van der Waals surface area contributed by atoms with Crippen molar-refractivity contribution >= 4 is 0 Å². The predicted octanol–water partition coefficient (Wildman–Crippen LogP) is 2.45. The lowest BCUT2D eigenvalue weighted by Crippen LogP contribution is -2.44. The van der Waals surface area contributed by atoms with Crippen molar-refractivity contribution < 1.29 is 4.52 Å². The standard InChI is InChI=1S/C15H21N5O/c1-20-9-16-8-13(20)14-18-15(21-19-14)12-7-6-10-4-2-3-5-11(10)17-12/h8-12,17H,2-7H2,1H3. The third kappa shape index (κ3) is 2.37. The molecule has 0 bridgehead atoms. The zero-order chi connectivity index (χ0) is 14.2. The summed E-state index contributed by atoms with van der Waals surface area (Å²) in [7, 11) is 1.93. The molecular formula is C15H21N5O. The van der Waals surface area contributed by atoms with E-state index in [4.69, 9.17) is 4.52 Å². The molecule has 1 N–H and O–H groups in total. The summed E-state index contributed by atoms with van der Waals surface area (Å²) in [5, 5.41) is 7.84. The molecule has 2 aliphatic rings. The van der Waals surface area contributed by atoms with Crippen molar-refractivity contribution in [3.8, 4) is 11.5 Å². The summed E-state index contributed by atoms with van der Waals surface area (Å²) in [5.41, 5.74) is 0.886. The largest absolute Gasteiger partial charge is 0.337 e. The lowest BCUT2D eigenvalue weighted by Gasteiger charge is -2.39. The van der Waals surface area contributed by atoms with E-state index in [1.807, 2.05) is 11.6 Å². The Morgan fingerprint density at radius 3 is 3.00 bits per heavy atom. The predicted molar refractivity (Wildman–Crippen MR) is 77.4 cm³/mol. The first-order chi connectivity index (χ1) is 10.3. The highest BCUT2D eigenvalue weighted by molar-refractivity contribution is 5.47. The van der Waals surface area contributed by atoms with Gasteiger partial charge in [-0.05, 0) is 31.6 Å². The number of hydrogen-bond acceptors (Lipinski definition) is 5. The van der Waals surface area contributed by atoms with Crippen molar-refractivity contribution in [1.29, 1.82) is 0 Å². The molecule has 0 aromatic carbocycles. The highest BCUT2D eigenvalue weighted by atomic mass is 16.5. The number of imidazole rings is 1. The minimum Gasteiger partial charge on any atom is -0.337 e. The molecule has 3 atom stereocenters. The number of piperidine rings is 1. The van der Waals surface area contributed by atoms with E-state index in [1.54, 1.807) is 12.5 Å². The molecular weight excluding hydrogens is 266 g/mol. The maximum Gasteiger partial charge on any atom is 0.244 e. The van der Waals surface area contributed by atoms with E-state index in [-0.39, 0.29) is 6.04 Å². The van der Waals surface area contributed by atoms with Crippen LogP contribution in [0.15, 0.2) is 17.0 Å². The number of aromatic nitrogens is 4. The molecule has 6 nitrogen and oxygen atoms in total. The van der Waals surface area contributed by atoms with E-state index < -0.39 is 0 Å². The van der Waals surface area contributed by atoms with E-state index in [0.29, 0.717) is 11.9 Å². The number of aryl methyl sites for hydroxylation is 1. The van der Waals surface area contributed by atoms with Gasteiger partial charge in [0.2, 0.25) is 11.7 Å². The van der Waals surface area contributed by atoms with Gasteiger partial charge >= 0.3 is 0 Å². The highest BCUT2D eigenvalue weighted by Crippen LogP contribution is 2.36. The van der Waals surface area contributed by atoms with Gasteiger partial charge in [0.05, 0.1) is 18.6 Å². The maximum absolute atomic E-state index is 5.50. The molecule has 2 aromatic heterocycles. The molecule has 1 aliphatic heterocycles. The number of nitrogens with one attached hydrogen (secondary N) is 1. The van der Waals surface area contributed by atoms with Crippen LogP contribution in [-0.4, -0.2) is 25.7 Å². The Morgan fingerprint density at radius 1 is 1.24 bits per heavy atom. The second-order valence-corrected chi connectivity index (χ2v) is 6.29. The minimum atomic E-state index is 0.207. The summed E-state index contributed by atoms with van der Waals surface area (Å²) in [6, 6.07) is 0.836. The van der Waals surface area contributed by atoms with Crippen LogP contribution in [0.5, 0.6) is 0 Å². The van der Waals surface area contributed by atoms with Gasteiger partial charge in [0.1, 0.15) is 5.69 Å². The molecule has 6 heteroatoms. The van der Waals surface area contributed by atoms with Crippen molar-refractivity contribution in [1.82, 2.24) is 25.0 Å². The molecule has 3 heterocycles. The van der Waals surface area contributed by atoms with Crippen LogP contribution >= 0.6 is 0 Å². The van der Waals surface area contributed by atoms with E-state index >= 15 is 0 Å². The van der Waals surface area contributed by atoms with Gasteiger partial charge in [-0.15, -0.1) is 0 Å². The third-order valence-electron chi connectivity index (χ3n) is 4.94. The number of hydrogen-bond donors (Lipinski definition) is 1. The summed E-state index contributed by atoms with van der Waals surface area (Å²) in [5.74, 6) is 2.18. The van der Waals surface area contributed by atoms with Crippen molar-refractivity contribution in [2.45, 2.75) is 50.6 Å². The van der Waals surface area contributed by atoms with Crippen LogP contribution in [0.1, 0.15) is 50.5 Å². The second-order valence-electron chi connectivity index (χ2n) is 6.29. The first kappa shape index (κ1) is 13.0. The van der Waals surface area contributed by atoms with Gasteiger partial charge in [-0.3, -0.25) is 0 Å². The summed E-state index contributed by atoms with van der Waals surface area (Å²) in [6.07, 6.45) is 11.2. The van der Waals surface area contributed by atoms with Crippen LogP contribution < -0.4 is 5.32 Å².